The first-order valence-electron chi connectivity index (χ1n) is 8.88. The highest BCUT2D eigenvalue weighted by atomic mass is 32.2. The molecular weight excluding hydrogens is 414 g/mol. The fourth-order valence-corrected chi connectivity index (χ4v) is 3.46. The predicted octanol–water partition coefficient (Wildman–Crippen LogP) is 5.02. The van der Waals surface area contributed by atoms with Gasteiger partial charge < -0.3 is 5.32 Å². The molecule has 0 fully saturated rings. The number of hydrogen-bond acceptors (Lipinski definition) is 5. The van der Waals surface area contributed by atoms with Crippen molar-refractivity contribution in [2.45, 2.75) is 31.0 Å². The quantitative estimate of drug-likeness (QED) is 0.322. The minimum Gasteiger partial charge on any atom is -0.322 e. The first-order chi connectivity index (χ1) is 14.2. The van der Waals surface area contributed by atoms with E-state index in [0.29, 0.717) is 45.8 Å². The molecule has 0 saturated heterocycles. The summed E-state index contributed by atoms with van der Waals surface area (Å²) in [5.41, 5.74) is 2.57. The Bertz CT molecular complexity index is 1070. The summed E-state index contributed by atoms with van der Waals surface area (Å²) in [6, 6.07) is 12.9. The third-order valence-corrected chi connectivity index (χ3v) is 5.13. The monoisotopic (exact) mass is 432 g/mol. The number of benzene rings is 2. The SMILES string of the molecule is Cc1nn(Cc2ccc(C(=O)Nc3ccc(SC(F)F)cc3)cc2)c(C)c1[N+](=O)[O-]. The lowest BCUT2D eigenvalue weighted by Crippen LogP contribution is -2.12. The van der Waals surface area contributed by atoms with Crippen molar-refractivity contribution in [1.29, 1.82) is 0 Å². The first-order valence-corrected chi connectivity index (χ1v) is 9.76. The number of amides is 1. The predicted molar refractivity (Wildman–Crippen MR) is 110 cm³/mol. The molecule has 3 aromatic rings. The summed E-state index contributed by atoms with van der Waals surface area (Å²) in [5.74, 6) is -2.83. The van der Waals surface area contributed by atoms with E-state index in [-0.39, 0.29) is 11.6 Å². The van der Waals surface area contributed by atoms with Crippen molar-refractivity contribution >= 4 is 29.0 Å². The second-order valence-electron chi connectivity index (χ2n) is 6.49. The first kappa shape index (κ1) is 21.4. The molecule has 1 N–H and O–H groups in total. The van der Waals surface area contributed by atoms with Gasteiger partial charge in [0.15, 0.2) is 0 Å². The fourth-order valence-electron chi connectivity index (χ4n) is 2.96. The number of nitrogens with one attached hydrogen (secondary N) is 1. The van der Waals surface area contributed by atoms with E-state index in [4.69, 9.17) is 0 Å². The average molecular weight is 432 g/mol. The van der Waals surface area contributed by atoms with Gasteiger partial charge >= 0.3 is 5.69 Å². The second-order valence-corrected chi connectivity index (χ2v) is 7.55. The normalized spacial score (nSPS) is 11.0. The molecule has 0 atom stereocenters. The summed E-state index contributed by atoms with van der Waals surface area (Å²) in [5, 5.41) is 18.0. The Kier molecular flexibility index (Phi) is 6.46. The number of nitro groups is 1. The Hall–Kier alpha value is -3.27. The topological polar surface area (TPSA) is 90.1 Å². The van der Waals surface area contributed by atoms with E-state index < -0.39 is 10.7 Å². The molecule has 2 aromatic carbocycles. The minimum absolute atomic E-state index is 0.00367. The summed E-state index contributed by atoms with van der Waals surface area (Å²) in [6.45, 7) is 3.57. The number of rotatable bonds is 7. The summed E-state index contributed by atoms with van der Waals surface area (Å²) < 4.78 is 26.3. The van der Waals surface area contributed by atoms with E-state index in [9.17, 15) is 23.7 Å². The number of thioether (sulfide) groups is 1. The number of aryl methyl sites for hydroxylation is 1. The molecule has 1 aromatic heterocycles. The maximum absolute atomic E-state index is 12.4. The van der Waals surface area contributed by atoms with Gasteiger partial charge in [-0.15, -0.1) is 0 Å². The molecule has 1 heterocycles. The molecule has 156 valence electrons. The Morgan fingerprint density at radius 2 is 1.80 bits per heavy atom. The van der Waals surface area contributed by atoms with Gasteiger partial charge in [-0.1, -0.05) is 23.9 Å². The molecule has 0 aliphatic carbocycles. The van der Waals surface area contributed by atoms with Gasteiger partial charge in [0.25, 0.3) is 11.7 Å². The highest BCUT2D eigenvalue weighted by Gasteiger charge is 2.21. The van der Waals surface area contributed by atoms with Gasteiger partial charge in [-0.25, -0.2) is 0 Å². The van der Waals surface area contributed by atoms with Gasteiger partial charge in [-0.2, -0.15) is 13.9 Å². The highest BCUT2D eigenvalue weighted by molar-refractivity contribution is 7.99. The van der Waals surface area contributed by atoms with Crippen LogP contribution in [0.3, 0.4) is 0 Å². The maximum atomic E-state index is 12.4. The molecule has 3 rings (SSSR count). The van der Waals surface area contributed by atoms with E-state index in [1.54, 1.807) is 54.9 Å². The Morgan fingerprint density at radius 3 is 2.33 bits per heavy atom. The van der Waals surface area contributed by atoms with Crippen molar-refractivity contribution in [3.63, 3.8) is 0 Å². The zero-order chi connectivity index (χ0) is 21.8. The van der Waals surface area contributed by atoms with Gasteiger partial charge in [-0.3, -0.25) is 19.6 Å². The van der Waals surface area contributed by atoms with Crippen LogP contribution in [0.2, 0.25) is 0 Å². The van der Waals surface area contributed by atoms with Crippen LogP contribution in [-0.2, 0) is 6.54 Å². The van der Waals surface area contributed by atoms with E-state index in [1.807, 2.05) is 0 Å². The third kappa shape index (κ3) is 5.01. The molecule has 30 heavy (non-hydrogen) atoms. The molecule has 0 radical (unpaired) electrons. The Labute approximate surface area is 175 Å². The van der Waals surface area contributed by atoms with Crippen LogP contribution in [0.25, 0.3) is 0 Å². The molecule has 0 spiro atoms. The van der Waals surface area contributed by atoms with Gasteiger partial charge in [0.2, 0.25) is 0 Å². The van der Waals surface area contributed by atoms with Crippen molar-refractivity contribution in [3.8, 4) is 0 Å². The second kappa shape index (κ2) is 9.04. The van der Waals surface area contributed by atoms with Gasteiger partial charge in [0.1, 0.15) is 11.4 Å². The largest absolute Gasteiger partial charge is 0.322 e. The lowest BCUT2D eigenvalue weighted by Gasteiger charge is -2.08. The minimum atomic E-state index is -2.50. The molecule has 0 saturated carbocycles. The number of carbonyl (C=O) groups excluding carboxylic acids is 1. The molecule has 0 aliphatic heterocycles. The zero-order valence-electron chi connectivity index (χ0n) is 16.1. The molecule has 1 amide bonds. The van der Waals surface area contributed by atoms with Gasteiger partial charge in [-0.05, 0) is 55.8 Å². The Balaban J connectivity index is 1.66. The molecule has 0 unspecified atom stereocenters. The van der Waals surface area contributed by atoms with Crippen molar-refractivity contribution in [2.24, 2.45) is 0 Å². The van der Waals surface area contributed by atoms with Crippen LogP contribution < -0.4 is 5.32 Å². The molecule has 7 nitrogen and oxygen atoms in total. The number of alkyl halides is 2. The zero-order valence-corrected chi connectivity index (χ0v) is 17.0. The van der Waals surface area contributed by atoms with Crippen molar-refractivity contribution in [3.05, 3.63) is 81.2 Å². The molecule has 0 bridgehead atoms. The summed E-state index contributed by atoms with van der Waals surface area (Å²) >= 11 is 0.439. The number of halogens is 2. The van der Waals surface area contributed by atoms with Crippen LogP contribution in [0.1, 0.15) is 27.3 Å². The van der Waals surface area contributed by atoms with E-state index in [0.717, 1.165) is 5.56 Å². The smallest absolute Gasteiger partial charge is 0.312 e. The van der Waals surface area contributed by atoms with E-state index in [2.05, 4.69) is 10.4 Å². The lowest BCUT2D eigenvalue weighted by molar-refractivity contribution is -0.386. The van der Waals surface area contributed by atoms with Crippen molar-refractivity contribution in [2.75, 3.05) is 5.32 Å². The number of nitrogens with zero attached hydrogens (tertiary/aromatic N) is 3. The average Bonchev–Trinajstić information content (AvgIpc) is 2.96. The number of anilines is 1. The molecule has 10 heteroatoms. The van der Waals surface area contributed by atoms with Crippen LogP contribution in [-0.4, -0.2) is 26.4 Å². The lowest BCUT2D eigenvalue weighted by atomic mass is 10.1. The van der Waals surface area contributed by atoms with E-state index >= 15 is 0 Å². The summed E-state index contributed by atoms with van der Waals surface area (Å²) in [6.07, 6.45) is 0. The van der Waals surface area contributed by atoms with Gasteiger partial charge in [0.05, 0.1) is 11.5 Å². The van der Waals surface area contributed by atoms with Gasteiger partial charge in [0, 0.05) is 16.1 Å². The van der Waals surface area contributed by atoms with Crippen molar-refractivity contribution < 1.29 is 18.5 Å². The highest BCUT2D eigenvalue weighted by Crippen LogP contribution is 2.26. The number of carbonyl (C=O) groups is 1. The van der Waals surface area contributed by atoms with Crippen molar-refractivity contribution in [1.82, 2.24) is 9.78 Å². The van der Waals surface area contributed by atoms with Crippen LogP contribution >= 0.6 is 11.8 Å². The van der Waals surface area contributed by atoms with E-state index in [1.165, 1.54) is 12.1 Å². The third-order valence-electron chi connectivity index (χ3n) is 4.41. The summed E-state index contributed by atoms with van der Waals surface area (Å²) in [7, 11) is 0. The Morgan fingerprint density at radius 1 is 1.17 bits per heavy atom. The van der Waals surface area contributed by atoms with Crippen LogP contribution in [0.5, 0.6) is 0 Å². The maximum Gasteiger partial charge on any atom is 0.312 e. The van der Waals surface area contributed by atoms with Crippen LogP contribution in [0.4, 0.5) is 20.2 Å². The van der Waals surface area contributed by atoms with Crippen LogP contribution in [0, 0.1) is 24.0 Å². The molecular formula is C20H18F2N4O3S. The number of aromatic nitrogens is 2. The number of hydrogen-bond donors (Lipinski definition) is 1. The fraction of sp³-hybridized carbons (Fsp3) is 0.200. The summed E-state index contributed by atoms with van der Waals surface area (Å²) in [4.78, 5) is 23.5. The standard InChI is InChI=1S/C20H18F2N4O3S/c1-12-18(26(28)29)13(2)25(24-12)11-14-3-5-15(6-4-14)19(27)23-16-7-9-17(10-8-16)30-20(21)22/h3-10,20H,11H2,1-2H3,(H,23,27). The molecule has 0 aliphatic rings. The van der Waals surface area contributed by atoms with Crippen LogP contribution in [0.15, 0.2) is 53.4 Å².